The van der Waals surface area contributed by atoms with E-state index in [1.165, 1.54) is 12.5 Å². The Balaban J connectivity index is 0.000000292. The lowest BCUT2D eigenvalue weighted by Crippen LogP contribution is -2.03. The predicted molar refractivity (Wildman–Crippen MR) is 59.3 cm³/mol. The minimum absolute atomic E-state index is 0.139. The summed E-state index contributed by atoms with van der Waals surface area (Å²) in [6, 6.07) is 10.5. The van der Waals surface area contributed by atoms with Crippen LogP contribution in [0.4, 0.5) is 0 Å². The van der Waals surface area contributed by atoms with Gasteiger partial charge in [0, 0.05) is 0 Å². The van der Waals surface area contributed by atoms with E-state index in [1.807, 2.05) is 6.07 Å². The third kappa shape index (κ3) is 6.63. The molecule has 1 unspecified atom stereocenters. The molecule has 0 aliphatic rings. The molecule has 0 radical (unpaired) electrons. The third-order valence-corrected chi connectivity index (χ3v) is 1.73. The second-order valence-corrected chi connectivity index (χ2v) is 3.60. The summed E-state index contributed by atoms with van der Waals surface area (Å²) in [7, 11) is 0. The van der Waals surface area contributed by atoms with Gasteiger partial charge in [-0.15, -0.1) is 0 Å². The second-order valence-electron chi connectivity index (χ2n) is 3.60. The Morgan fingerprint density at radius 1 is 1.07 bits per heavy atom. The molecule has 0 spiro atoms. The van der Waals surface area contributed by atoms with E-state index < -0.39 is 6.10 Å². The van der Waals surface area contributed by atoms with E-state index in [9.17, 15) is 0 Å². The minimum atomic E-state index is -0.560. The van der Waals surface area contributed by atoms with Gasteiger partial charge in [0.15, 0.2) is 0 Å². The summed E-state index contributed by atoms with van der Waals surface area (Å²) in [6.07, 6.45) is -0.560. The van der Waals surface area contributed by atoms with Crippen molar-refractivity contribution in [2.45, 2.75) is 32.8 Å². The van der Waals surface area contributed by atoms with Gasteiger partial charge in [-0.3, -0.25) is 0 Å². The van der Waals surface area contributed by atoms with Gasteiger partial charge in [-0.2, -0.15) is 0 Å². The largest absolute Gasteiger partial charge is 0.394 e. The molecular weight excluding hydrogens is 176 g/mol. The van der Waals surface area contributed by atoms with Crippen LogP contribution in [0.1, 0.15) is 32.3 Å². The molecule has 0 aliphatic carbocycles. The number of aliphatic hydroxyl groups is 2. The Morgan fingerprint density at radius 2 is 1.50 bits per heavy atom. The molecule has 0 aromatic heterocycles. The topological polar surface area (TPSA) is 40.5 Å². The molecule has 2 nitrogen and oxygen atoms in total. The summed E-state index contributed by atoms with van der Waals surface area (Å²) in [5.74, 6) is 0.659. The summed E-state index contributed by atoms with van der Waals surface area (Å²) in [4.78, 5) is 0. The van der Waals surface area contributed by atoms with Crippen molar-refractivity contribution in [3.8, 4) is 0 Å². The highest BCUT2D eigenvalue weighted by atomic mass is 16.3. The van der Waals surface area contributed by atoms with Crippen molar-refractivity contribution in [3.05, 3.63) is 35.9 Å². The van der Waals surface area contributed by atoms with Crippen LogP contribution in [0.15, 0.2) is 30.3 Å². The first-order valence-electron chi connectivity index (χ1n) is 4.91. The minimum Gasteiger partial charge on any atom is -0.394 e. The summed E-state index contributed by atoms with van der Waals surface area (Å²) in [6.45, 7) is 5.80. The maximum atomic E-state index is 8.11. The van der Waals surface area contributed by atoms with Gasteiger partial charge in [0.05, 0.1) is 12.7 Å². The molecule has 1 atom stereocenters. The first kappa shape index (κ1) is 13.1. The summed E-state index contributed by atoms with van der Waals surface area (Å²) < 4.78 is 0. The average Bonchev–Trinajstić information content (AvgIpc) is 2.20. The zero-order valence-electron chi connectivity index (χ0n) is 9.14. The van der Waals surface area contributed by atoms with Gasteiger partial charge in [0.25, 0.3) is 0 Å². The number of aliphatic hydroxyl groups excluding tert-OH is 2. The normalized spacial score (nSPS) is 11.9. The van der Waals surface area contributed by atoms with Crippen molar-refractivity contribution in [3.63, 3.8) is 0 Å². The molecule has 0 aliphatic heterocycles. The maximum Gasteiger partial charge on any atom is 0.0742 e. The van der Waals surface area contributed by atoms with E-state index in [0.29, 0.717) is 5.92 Å². The van der Waals surface area contributed by atoms with Gasteiger partial charge >= 0.3 is 0 Å². The molecule has 14 heavy (non-hydrogen) atoms. The Morgan fingerprint density at radius 3 is 1.71 bits per heavy atom. The molecule has 1 aromatic carbocycles. The van der Waals surface area contributed by atoms with Crippen LogP contribution in [0.25, 0.3) is 0 Å². The fraction of sp³-hybridized carbons (Fsp3) is 0.500. The number of benzene rings is 1. The Labute approximate surface area is 86.2 Å². The molecule has 0 bridgehead atoms. The molecule has 0 saturated heterocycles. The SMILES string of the molecule is CC(C)c1ccccc1.CC(O)CO. The molecule has 1 aromatic rings. The first-order chi connectivity index (χ1) is 6.57. The van der Waals surface area contributed by atoms with E-state index in [4.69, 9.17) is 10.2 Å². The maximum absolute atomic E-state index is 8.11. The number of hydrogen-bond donors (Lipinski definition) is 2. The van der Waals surface area contributed by atoms with Crippen molar-refractivity contribution >= 4 is 0 Å². The Bertz CT molecular complexity index is 217. The lowest BCUT2D eigenvalue weighted by molar-refractivity contribution is 0.110. The smallest absolute Gasteiger partial charge is 0.0742 e. The first-order valence-corrected chi connectivity index (χ1v) is 4.91. The van der Waals surface area contributed by atoms with Gasteiger partial charge in [-0.05, 0) is 18.4 Å². The summed E-state index contributed by atoms with van der Waals surface area (Å²) in [5, 5.41) is 16.0. The van der Waals surface area contributed by atoms with Crippen LogP contribution < -0.4 is 0 Å². The number of rotatable bonds is 2. The Hall–Kier alpha value is -0.860. The van der Waals surface area contributed by atoms with E-state index >= 15 is 0 Å². The van der Waals surface area contributed by atoms with E-state index in [1.54, 1.807) is 0 Å². The third-order valence-electron chi connectivity index (χ3n) is 1.73. The van der Waals surface area contributed by atoms with E-state index in [2.05, 4.69) is 38.1 Å². The van der Waals surface area contributed by atoms with E-state index in [0.717, 1.165) is 0 Å². The van der Waals surface area contributed by atoms with Crippen molar-refractivity contribution in [1.29, 1.82) is 0 Å². The quantitative estimate of drug-likeness (QED) is 0.761. The molecule has 0 amide bonds. The van der Waals surface area contributed by atoms with Gasteiger partial charge in [0.1, 0.15) is 0 Å². The van der Waals surface area contributed by atoms with Crippen LogP contribution in [0.2, 0.25) is 0 Å². The highest BCUT2D eigenvalue weighted by Crippen LogP contribution is 2.11. The molecular formula is C12H20O2. The van der Waals surface area contributed by atoms with Gasteiger partial charge in [-0.25, -0.2) is 0 Å². The van der Waals surface area contributed by atoms with Crippen molar-refractivity contribution in [2.24, 2.45) is 0 Å². The van der Waals surface area contributed by atoms with Crippen LogP contribution in [-0.4, -0.2) is 22.9 Å². The van der Waals surface area contributed by atoms with Gasteiger partial charge in [0.2, 0.25) is 0 Å². The molecule has 0 fully saturated rings. The fourth-order valence-electron chi connectivity index (χ4n) is 0.838. The zero-order valence-corrected chi connectivity index (χ0v) is 9.14. The van der Waals surface area contributed by atoms with Crippen LogP contribution in [0.3, 0.4) is 0 Å². The molecule has 0 heterocycles. The lowest BCUT2D eigenvalue weighted by atomic mass is 10.0. The number of hydrogen-bond acceptors (Lipinski definition) is 2. The van der Waals surface area contributed by atoms with Crippen molar-refractivity contribution in [2.75, 3.05) is 6.61 Å². The van der Waals surface area contributed by atoms with Crippen LogP contribution in [-0.2, 0) is 0 Å². The molecule has 1 rings (SSSR count). The highest BCUT2D eigenvalue weighted by Gasteiger charge is 1.93. The predicted octanol–water partition coefficient (Wildman–Crippen LogP) is 2.17. The molecule has 2 N–H and O–H groups in total. The van der Waals surface area contributed by atoms with Gasteiger partial charge in [-0.1, -0.05) is 44.2 Å². The van der Waals surface area contributed by atoms with Crippen LogP contribution in [0, 0.1) is 0 Å². The molecule has 0 saturated carbocycles. The van der Waals surface area contributed by atoms with Crippen molar-refractivity contribution in [1.82, 2.24) is 0 Å². The standard InChI is InChI=1S/C9H12.C3H8O2/c1-8(2)9-6-4-3-5-7-9;1-3(5)2-4/h3-8H,1-2H3;3-5H,2H2,1H3. The highest BCUT2D eigenvalue weighted by molar-refractivity contribution is 5.17. The molecule has 80 valence electrons. The van der Waals surface area contributed by atoms with Crippen LogP contribution in [0.5, 0.6) is 0 Å². The average molecular weight is 196 g/mol. The summed E-state index contributed by atoms with van der Waals surface area (Å²) in [5.41, 5.74) is 1.41. The summed E-state index contributed by atoms with van der Waals surface area (Å²) >= 11 is 0. The molecule has 2 heteroatoms. The fourth-order valence-corrected chi connectivity index (χ4v) is 0.838. The second kappa shape index (κ2) is 7.54. The van der Waals surface area contributed by atoms with Crippen LogP contribution >= 0.6 is 0 Å². The van der Waals surface area contributed by atoms with E-state index in [-0.39, 0.29) is 6.61 Å². The Kier molecular flexibility index (Phi) is 7.07. The van der Waals surface area contributed by atoms with Crippen molar-refractivity contribution < 1.29 is 10.2 Å². The zero-order chi connectivity index (χ0) is 11.0. The van der Waals surface area contributed by atoms with Gasteiger partial charge < -0.3 is 10.2 Å². The lowest BCUT2D eigenvalue weighted by Gasteiger charge is -2.01. The monoisotopic (exact) mass is 196 g/mol.